The number of benzene rings is 3. The zero-order valence-corrected chi connectivity index (χ0v) is 20.8. The number of unbranched alkanes of at least 4 members (excludes halogenated alkanes) is 1. The molecule has 0 aliphatic heterocycles. The number of carbonyl (C=O) groups excluding carboxylic acids is 1. The first kappa shape index (κ1) is 27.1. The van der Waals surface area contributed by atoms with Crippen LogP contribution < -0.4 is 5.32 Å². The summed E-state index contributed by atoms with van der Waals surface area (Å²) in [6, 6.07) is 16.8. The predicted octanol–water partition coefficient (Wildman–Crippen LogP) is 6.70. The number of fused-ring (bicyclic) bond motifs is 1. The normalized spacial score (nSPS) is 11.5. The number of aryl methyl sites for hydroxylation is 1. The van der Waals surface area contributed by atoms with Crippen LogP contribution in [0.1, 0.15) is 46.4 Å². The number of aliphatic carboxylic acids is 1. The van der Waals surface area contributed by atoms with Crippen LogP contribution in [0, 0.1) is 0 Å². The van der Waals surface area contributed by atoms with Crippen LogP contribution in [0.5, 0.6) is 0 Å². The molecule has 0 radical (unpaired) electrons. The van der Waals surface area contributed by atoms with E-state index in [0.717, 1.165) is 17.7 Å². The molecule has 0 aliphatic rings. The minimum absolute atomic E-state index is 0.0491. The molecule has 196 valence electrons. The Hall–Kier alpha value is -3.98. The first-order valence-electron chi connectivity index (χ1n) is 11.8. The van der Waals surface area contributed by atoms with Gasteiger partial charge in [-0.3, -0.25) is 9.59 Å². The lowest BCUT2D eigenvalue weighted by molar-refractivity contribution is -0.138. The maximum Gasteiger partial charge on any atom is 0.416 e. The van der Waals surface area contributed by atoms with Gasteiger partial charge in [0.25, 0.3) is 5.91 Å². The van der Waals surface area contributed by atoms with Crippen molar-refractivity contribution < 1.29 is 27.9 Å². The molecule has 0 aliphatic carbocycles. The van der Waals surface area contributed by atoms with E-state index in [2.05, 4.69) is 5.32 Å². The van der Waals surface area contributed by atoms with Gasteiger partial charge in [-0.05, 0) is 67.3 Å². The van der Waals surface area contributed by atoms with E-state index in [4.69, 9.17) is 26.7 Å². The van der Waals surface area contributed by atoms with Gasteiger partial charge in [-0.15, -0.1) is 0 Å². The third-order valence-corrected chi connectivity index (χ3v) is 6.13. The summed E-state index contributed by atoms with van der Waals surface area (Å²) in [6.45, 7) is -0.0726. The summed E-state index contributed by atoms with van der Waals surface area (Å²) in [5.41, 5.74) is 2.97. The second-order valence-corrected chi connectivity index (χ2v) is 9.15. The number of carboxylic acid groups (broad SMARTS) is 1. The molecule has 0 fully saturated rings. The lowest BCUT2D eigenvalue weighted by Crippen LogP contribution is -2.23. The van der Waals surface area contributed by atoms with E-state index in [-0.39, 0.29) is 18.5 Å². The first-order chi connectivity index (χ1) is 18.1. The van der Waals surface area contributed by atoms with E-state index in [9.17, 15) is 22.8 Å². The number of carbonyl (C=O) groups is 2. The van der Waals surface area contributed by atoms with Crippen molar-refractivity contribution in [1.29, 1.82) is 0 Å². The van der Waals surface area contributed by atoms with Crippen molar-refractivity contribution in [1.82, 2.24) is 15.3 Å². The van der Waals surface area contributed by atoms with Crippen LogP contribution in [-0.2, 0) is 23.9 Å². The molecule has 4 aromatic rings. The Morgan fingerprint density at radius 1 is 0.921 bits per heavy atom. The fraction of sp³-hybridized carbons (Fsp3) is 0.214. The first-order valence-corrected chi connectivity index (χ1v) is 12.2. The molecule has 1 heterocycles. The number of nitrogens with one attached hydrogen (secondary N) is 1. The third kappa shape index (κ3) is 6.86. The van der Waals surface area contributed by atoms with E-state index in [1.807, 2.05) is 12.1 Å². The summed E-state index contributed by atoms with van der Waals surface area (Å²) >= 11 is 6.03. The lowest BCUT2D eigenvalue weighted by atomic mass is 10.0. The van der Waals surface area contributed by atoms with Gasteiger partial charge in [0.15, 0.2) is 0 Å². The van der Waals surface area contributed by atoms with Gasteiger partial charge in [0, 0.05) is 29.1 Å². The highest BCUT2D eigenvalue weighted by Gasteiger charge is 2.30. The van der Waals surface area contributed by atoms with E-state index in [0.29, 0.717) is 52.3 Å². The van der Waals surface area contributed by atoms with Crippen LogP contribution in [0.3, 0.4) is 0 Å². The van der Waals surface area contributed by atoms with Crippen LogP contribution >= 0.6 is 11.6 Å². The fourth-order valence-electron chi connectivity index (χ4n) is 3.96. The van der Waals surface area contributed by atoms with Crippen LogP contribution in [-0.4, -0.2) is 27.0 Å². The highest BCUT2D eigenvalue weighted by molar-refractivity contribution is 6.30. The van der Waals surface area contributed by atoms with E-state index in [1.165, 1.54) is 12.1 Å². The monoisotopic (exact) mass is 541 g/mol. The second kappa shape index (κ2) is 11.6. The highest BCUT2D eigenvalue weighted by atomic mass is 35.5. The van der Waals surface area contributed by atoms with Crippen LogP contribution in [0.25, 0.3) is 22.3 Å². The van der Waals surface area contributed by atoms with E-state index >= 15 is 0 Å². The number of alkyl halides is 3. The molecule has 2 N–H and O–H groups in total. The Morgan fingerprint density at radius 2 is 1.68 bits per heavy atom. The number of aromatic nitrogens is 2. The zero-order chi connectivity index (χ0) is 27.3. The molecular weight excluding hydrogens is 519 g/mol. The van der Waals surface area contributed by atoms with Gasteiger partial charge in [-0.25, -0.2) is 9.97 Å². The van der Waals surface area contributed by atoms with Crippen molar-refractivity contribution in [2.24, 2.45) is 0 Å². The van der Waals surface area contributed by atoms with Gasteiger partial charge in [0.2, 0.25) is 0 Å². The summed E-state index contributed by atoms with van der Waals surface area (Å²) in [7, 11) is 0. The number of hydrogen-bond acceptors (Lipinski definition) is 4. The standard InChI is InChI=1S/C28H23ClF3N3O3/c29-21-11-8-18(9-12-21)26-23(6-1-2-7-25(36)37)34-24-15-19(10-13-22(24)35-26)27(38)33-16-17-4-3-5-20(14-17)28(30,31)32/h3-5,8-15H,1-2,6-7,16H2,(H,33,38)(H,36,37). The summed E-state index contributed by atoms with van der Waals surface area (Å²) in [5.74, 6) is -1.33. The summed E-state index contributed by atoms with van der Waals surface area (Å²) in [6.07, 6.45) is -2.86. The van der Waals surface area contributed by atoms with E-state index < -0.39 is 23.6 Å². The van der Waals surface area contributed by atoms with Gasteiger partial charge < -0.3 is 10.4 Å². The number of rotatable bonds is 9. The largest absolute Gasteiger partial charge is 0.481 e. The summed E-state index contributed by atoms with van der Waals surface area (Å²) < 4.78 is 38.9. The Bertz CT molecular complexity index is 1470. The summed E-state index contributed by atoms with van der Waals surface area (Å²) in [5, 5.41) is 12.2. The molecule has 1 aromatic heterocycles. The molecule has 0 saturated carbocycles. The molecule has 38 heavy (non-hydrogen) atoms. The Labute approximate surface area is 221 Å². The molecule has 1 amide bonds. The van der Waals surface area contributed by atoms with Crippen LogP contribution in [0.4, 0.5) is 13.2 Å². The molecule has 4 rings (SSSR count). The number of nitrogens with zero attached hydrogens (tertiary/aromatic N) is 2. The van der Waals surface area contributed by atoms with Crippen LogP contribution in [0.15, 0.2) is 66.7 Å². The highest BCUT2D eigenvalue weighted by Crippen LogP contribution is 2.30. The summed E-state index contributed by atoms with van der Waals surface area (Å²) in [4.78, 5) is 33.2. The van der Waals surface area contributed by atoms with Crippen molar-refractivity contribution in [3.63, 3.8) is 0 Å². The number of halogens is 4. The van der Waals surface area contributed by atoms with Crippen molar-refractivity contribution in [2.45, 2.75) is 38.4 Å². The maximum absolute atomic E-state index is 13.0. The minimum atomic E-state index is -4.47. The van der Waals surface area contributed by atoms with Crippen molar-refractivity contribution >= 4 is 34.5 Å². The van der Waals surface area contributed by atoms with E-state index in [1.54, 1.807) is 30.3 Å². The Morgan fingerprint density at radius 3 is 2.39 bits per heavy atom. The molecule has 3 aromatic carbocycles. The molecule has 0 bridgehead atoms. The smallest absolute Gasteiger partial charge is 0.416 e. The molecule has 6 nitrogen and oxygen atoms in total. The molecule has 0 spiro atoms. The average Bonchev–Trinajstić information content (AvgIpc) is 2.89. The predicted molar refractivity (Wildman–Crippen MR) is 138 cm³/mol. The number of hydrogen-bond donors (Lipinski definition) is 2. The number of amides is 1. The molecule has 10 heteroatoms. The SMILES string of the molecule is O=C(O)CCCCc1nc2cc(C(=O)NCc3cccc(C(F)(F)F)c3)ccc2nc1-c1ccc(Cl)cc1. The lowest BCUT2D eigenvalue weighted by Gasteiger charge is -2.12. The topological polar surface area (TPSA) is 92.2 Å². The van der Waals surface area contributed by atoms with Crippen molar-refractivity contribution in [3.8, 4) is 11.3 Å². The van der Waals surface area contributed by atoms with Gasteiger partial charge in [0.1, 0.15) is 0 Å². The second-order valence-electron chi connectivity index (χ2n) is 8.71. The van der Waals surface area contributed by atoms with Crippen molar-refractivity contribution in [3.05, 3.63) is 94.1 Å². The molecule has 0 atom stereocenters. The van der Waals surface area contributed by atoms with Gasteiger partial charge in [0.05, 0.1) is 28.0 Å². The Balaban J connectivity index is 1.58. The minimum Gasteiger partial charge on any atom is -0.481 e. The molecular formula is C28H23ClF3N3O3. The molecule has 0 saturated heterocycles. The van der Waals surface area contributed by atoms with Crippen molar-refractivity contribution in [2.75, 3.05) is 0 Å². The quantitative estimate of drug-likeness (QED) is 0.230. The van der Waals surface area contributed by atoms with Gasteiger partial charge in [-0.2, -0.15) is 13.2 Å². The average molecular weight is 542 g/mol. The molecule has 0 unspecified atom stereocenters. The third-order valence-electron chi connectivity index (χ3n) is 5.88. The Kier molecular flexibility index (Phi) is 8.26. The number of carboxylic acids is 1. The van der Waals surface area contributed by atoms with Gasteiger partial charge in [-0.1, -0.05) is 35.9 Å². The zero-order valence-electron chi connectivity index (χ0n) is 20.1. The van der Waals surface area contributed by atoms with Gasteiger partial charge >= 0.3 is 12.1 Å². The fourth-order valence-corrected chi connectivity index (χ4v) is 4.08. The maximum atomic E-state index is 13.0. The van der Waals surface area contributed by atoms with Crippen LogP contribution in [0.2, 0.25) is 5.02 Å².